The maximum atomic E-state index is 13.5. The van der Waals surface area contributed by atoms with Crippen LogP contribution in [-0.2, 0) is 4.79 Å². The molecule has 0 aliphatic rings. The number of carbonyl (C=O) groups excluding carboxylic acids is 2. The monoisotopic (exact) mass is 238 g/mol. The molecule has 0 saturated heterocycles. The fraction of sp³-hybridized carbons (Fsp3) is 0.231. The Morgan fingerprint density at radius 3 is 2.18 bits per heavy atom. The van der Waals surface area contributed by atoms with Crippen molar-refractivity contribution in [2.45, 2.75) is 20.8 Å². The van der Waals surface area contributed by atoms with E-state index in [9.17, 15) is 18.4 Å². The van der Waals surface area contributed by atoms with Crippen molar-refractivity contribution in [3.63, 3.8) is 0 Å². The second kappa shape index (κ2) is 4.99. The van der Waals surface area contributed by atoms with Gasteiger partial charge in [0, 0.05) is 0 Å². The Morgan fingerprint density at radius 2 is 1.71 bits per heavy atom. The van der Waals surface area contributed by atoms with Crippen molar-refractivity contribution < 1.29 is 18.4 Å². The molecule has 0 radical (unpaired) electrons. The lowest BCUT2D eigenvalue weighted by molar-refractivity contribution is -0.113. The van der Waals surface area contributed by atoms with E-state index in [1.807, 2.05) is 0 Å². The summed E-state index contributed by atoms with van der Waals surface area (Å²) in [6.45, 7) is 4.01. The molecule has 0 aliphatic heterocycles. The van der Waals surface area contributed by atoms with Crippen molar-refractivity contribution in [3.05, 3.63) is 46.5 Å². The summed E-state index contributed by atoms with van der Waals surface area (Å²) in [5.41, 5.74) is -0.610. The van der Waals surface area contributed by atoms with Crippen LogP contribution in [0.2, 0.25) is 0 Å². The van der Waals surface area contributed by atoms with Gasteiger partial charge in [0.2, 0.25) is 0 Å². The van der Waals surface area contributed by atoms with Gasteiger partial charge in [0.1, 0.15) is 11.6 Å². The number of ketones is 2. The van der Waals surface area contributed by atoms with Crippen molar-refractivity contribution in [1.82, 2.24) is 0 Å². The highest BCUT2D eigenvalue weighted by Crippen LogP contribution is 2.20. The first-order chi connectivity index (χ1) is 7.90. The maximum absolute atomic E-state index is 13.5. The van der Waals surface area contributed by atoms with Crippen LogP contribution in [0.4, 0.5) is 8.78 Å². The molecule has 90 valence electrons. The van der Waals surface area contributed by atoms with Crippen molar-refractivity contribution in [2.24, 2.45) is 0 Å². The molecule has 2 nitrogen and oxygen atoms in total. The topological polar surface area (TPSA) is 34.1 Å². The summed E-state index contributed by atoms with van der Waals surface area (Å²) in [6.07, 6.45) is 1.30. The molecule has 0 heterocycles. The summed E-state index contributed by atoms with van der Waals surface area (Å²) in [6, 6.07) is 1.83. The Morgan fingerprint density at radius 1 is 1.18 bits per heavy atom. The van der Waals surface area contributed by atoms with Crippen LogP contribution >= 0.6 is 0 Å². The van der Waals surface area contributed by atoms with Crippen LogP contribution in [0, 0.1) is 18.6 Å². The highest BCUT2D eigenvalue weighted by atomic mass is 19.1. The van der Waals surface area contributed by atoms with Crippen LogP contribution in [0.25, 0.3) is 0 Å². The smallest absolute Gasteiger partial charge is 0.199 e. The van der Waals surface area contributed by atoms with E-state index >= 15 is 0 Å². The van der Waals surface area contributed by atoms with Crippen LogP contribution in [0.5, 0.6) is 0 Å². The lowest BCUT2D eigenvalue weighted by Gasteiger charge is -2.08. The second-order valence-corrected chi connectivity index (χ2v) is 3.62. The zero-order valence-corrected chi connectivity index (χ0v) is 9.80. The van der Waals surface area contributed by atoms with E-state index in [-0.39, 0.29) is 16.7 Å². The number of rotatable bonds is 3. The number of hydrogen-bond donors (Lipinski definition) is 0. The molecule has 0 saturated carbocycles. The molecule has 0 unspecified atom stereocenters. The fourth-order valence-electron chi connectivity index (χ4n) is 1.56. The fourth-order valence-corrected chi connectivity index (χ4v) is 1.56. The quantitative estimate of drug-likeness (QED) is 0.351. The SMILES string of the molecule is C/C=C(/C(C)=O)C(=O)c1c(F)ccc(F)c1C. The normalized spacial score (nSPS) is 11.5. The van der Waals surface area contributed by atoms with Crippen LogP contribution in [-0.4, -0.2) is 11.6 Å². The van der Waals surface area contributed by atoms with Gasteiger partial charge in [0.25, 0.3) is 0 Å². The molecular weight excluding hydrogens is 226 g/mol. The van der Waals surface area contributed by atoms with Gasteiger partial charge in [0.05, 0.1) is 11.1 Å². The summed E-state index contributed by atoms with van der Waals surface area (Å²) in [4.78, 5) is 23.1. The molecule has 1 rings (SSSR count). The van der Waals surface area contributed by atoms with Crippen LogP contribution in [0.15, 0.2) is 23.8 Å². The Balaban J connectivity index is 3.40. The van der Waals surface area contributed by atoms with Gasteiger partial charge in [-0.15, -0.1) is 0 Å². The van der Waals surface area contributed by atoms with Gasteiger partial charge < -0.3 is 0 Å². The van der Waals surface area contributed by atoms with Crippen molar-refractivity contribution >= 4 is 11.6 Å². The largest absolute Gasteiger partial charge is 0.294 e. The van der Waals surface area contributed by atoms with Crippen LogP contribution in [0.3, 0.4) is 0 Å². The van der Waals surface area contributed by atoms with Gasteiger partial charge in [-0.3, -0.25) is 9.59 Å². The van der Waals surface area contributed by atoms with E-state index in [4.69, 9.17) is 0 Å². The Kier molecular flexibility index (Phi) is 3.89. The maximum Gasteiger partial charge on any atom is 0.199 e. The number of carbonyl (C=O) groups is 2. The molecule has 0 aromatic heterocycles. The predicted octanol–water partition coefficient (Wildman–Crippen LogP) is 2.99. The summed E-state index contributed by atoms with van der Waals surface area (Å²) in [5, 5.41) is 0. The number of halogens is 2. The molecule has 1 aromatic carbocycles. The Hall–Kier alpha value is -1.84. The Bertz CT molecular complexity index is 516. The van der Waals surface area contributed by atoms with Gasteiger partial charge in [0.15, 0.2) is 11.6 Å². The average molecular weight is 238 g/mol. The first kappa shape index (κ1) is 13.2. The van der Waals surface area contributed by atoms with Gasteiger partial charge >= 0.3 is 0 Å². The molecule has 0 fully saturated rings. The minimum absolute atomic E-state index is 0.0874. The third kappa shape index (κ3) is 2.46. The van der Waals surface area contributed by atoms with Crippen molar-refractivity contribution in [3.8, 4) is 0 Å². The standard InChI is InChI=1S/C13H12F2O2/c1-4-9(8(3)16)13(17)12-7(2)10(14)5-6-11(12)15/h4-6H,1-3H3/b9-4-. The highest BCUT2D eigenvalue weighted by molar-refractivity contribution is 6.26. The first-order valence-electron chi connectivity index (χ1n) is 5.06. The van der Waals surface area contributed by atoms with Crippen LogP contribution < -0.4 is 0 Å². The Labute approximate surface area is 98.0 Å². The molecule has 0 N–H and O–H groups in total. The summed E-state index contributed by atoms with van der Waals surface area (Å²) < 4.78 is 26.8. The zero-order valence-electron chi connectivity index (χ0n) is 9.80. The predicted molar refractivity (Wildman–Crippen MR) is 59.9 cm³/mol. The first-order valence-corrected chi connectivity index (χ1v) is 5.06. The third-order valence-corrected chi connectivity index (χ3v) is 2.49. The molecule has 0 amide bonds. The molecule has 0 spiro atoms. The second-order valence-electron chi connectivity index (χ2n) is 3.62. The number of allylic oxidation sites excluding steroid dienone is 2. The van der Waals surface area contributed by atoms with E-state index in [0.717, 1.165) is 12.1 Å². The third-order valence-electron chi connectivity index (χ3n) is 2.49. The molecule has 1 aromatic rings. The number of hydrogen-bond acceptors (Lipinski definition) is 2. The lowest BCUT2D eigenvalue weighted by atomic mass is 9.96. The summed E-state index contributed by atoms with van der Waals surface area (Å²) in [7, 11) is 0. The van der Waals surface area contributed by atoms with Gasteiger partial charge in [-0.05, 0) is 38.5 Å². The molecule has 0 bridgehead atoms. The average Bonchev–Trinajstić information content (AvgIpc) is 2.24. The summed E-state index contributed by atoms with van der Waals surface area (Å²) in [5.74, 6) is -2.75. The minimum Gasteiger partial charge on any atom is -0.294 e. The molecule has 4 heteroatoms. The number of Topliss-reactive ketones (excluding diaryl/α,β-unsaturated/α-hetero) is 2. The molecule has 17 heavy (non-hydrogen) atoms. The van der Waals surface area contributed by atoms with Crippen LogP contribution in [0.1, 0.15) is 29.8 Å². The van der Waals surface area contributed by atoms with E-state index in [1.54, 1.807) is 0 Å². The van der Waals surface area contributed by atoms with Gasteiger partial charge in [-0.25, -0.2) is 8.78 Å². The van der Waals surface area contributed by atoms with E-state index < -0.39 is 23.2 Å². The molecular formula is C13H12F2O2. The summed E-state index contributed by atoms with van der Waals surface area (Å²) >= 11 is 0. The van der Waals surface area contributed by atoms with E-state index in [1.165, 1.54) is 26.8 Å². The van der Waals surface area contributed by atoms with Crippen molar-refractivity contribution in [2.75, 3.05) is 0 Å². The number of benzene rings is 1. The van der Waals surface area contributed by atoms with Crippen molar-refractivity contribution in [1.29, 1.82) is 0 Å². The van der Waals surface area contributed by atoms with E-state index in [2.05, 4.69) is 0 Å². The molecule has 0 aliphatic carbocycles. The van der Waals surface area contributed by atoms with E-state index in [0.29, 0.717) is 0 Å². The zero-order chi connectivity index (χ0) is 13.2. The van der Waals surface area contributed by atoms with Gasteiger partial charge in [-0.1, -0.05) is 6.08 Å². The lowest BCUT2D eigenvalue weighted by Crippen LogP contribution is -2.14. The highest BCUT2D eigenvalue weighted by Gasteiger charge is 2.22. The minimum atomic E-state index is -0.825. The molecule has 0 atom stereocenters. The van der Waals surface area contributed by atoms with Gasteiger partial charge in [-0.2, -0.15) is 0 Å².